The number of hydrogen-bond acceptors (Lipinski definition) is 5. The Kier molecular flexibility index (Phi) is 6.02. The van der Waals surface area contributed by atoms with E-state index in [1.54, 1.807) is 6.92 Å². The zero-order valence-corrected chi connectivity index (χ0v) is 18.6. The summed E-state index contributed by atoms with van der Waals surface area (Å²) < 4.78 is 0.887. The van der Waals surface area contributed by atoms with Crippen LogP contribution < -0.4 is 10.0 Å². The van der Waals surface area contributed by atoms with Crippen LogP contribution in [0.2, 0.25) is 0 Å². The number of likely N-dealkylation sites (N-methyl/N-ethyl adjacent to an activating group) is 1. The smallest absolute Gasteiger partial charge is 0.240 e. The number of nitrogens with one attached hydrogen (secondary N) is 1. The van der Waals surface area contributed by atoms with Crippen molar-refractivity contribution in [2.45, 2.75) is 19.9 Å². The predicted octanol–water partition coefficient (Wildman–Crippen LogP) is 1.05. The largest absolute Gasteiger partial charge is 0.868 e. The molecule has 1 amide bonds. The first-order chi connectivity index (χ1) is 13.2. The van der Waals surface area contributed by atoms with Gasteiger partial charge in [-0.2, -0.15) is 0 Å². The third kappa shape index (κ3) is 3.90. The summed E-state index contributed by atoms with van der Waals surface area (Å²) in [5.74, 6) is -1.72. The highest BCUT2D eigenvalue weighted by Crippen LogP contribution is 2.39. The van der Waals surface area contributed by atoms with Crippen molar-refractivity contribution in [1.29, 1.82) is 0 Å². The molecule has 0 saturated carbocycles. The van der Waals surface area contributed by atoms with Crippen molar-refractivity contribution in [2.75, 3.05) is 27.2 Å². The van der Waals surface area contributed by atoms with Crippen molar-refractivity contribution in [2.24, 2.45) is 0 Å². The van der Waals surface area contributed by atoms with Crippen LogP contribution in [0.15, 0.2) is 40.1 Å². The van der Waals surface area contributed by atoms with Gasteiger partial charge in [0, 0.05) is 10.0 Å². The molecule has 1 aliphatic rings. The Balaban J connectivity index is 2.08. The van der Waals surface area contributed by atoms with Gasteiger partial charge in [-0.05, 0) is 37.3 Å². The summed E-state index contributed by atoms with van der Waals surface area (Å²) in [7, 11) is 3.96. The summed E-state index contributed by atoms with van der Waals surface area (Å²) in [4.78, 5) is 33.5. The van der Waals surface area contributed by atoms with Gasteiger partial charge < -0.3 is 14.9 Å². The number of Topliss-reactive ketones (excluding diaryl/α,β-unsaturated/α-hetero) is 1. The van der Waals surface area contributed by atoms with Crippen LogP contribution in [0, 0.1) is 13.8 Å². The predicted molar refractivity (Wildman–Crippen MR) is 109 cm³/mol. The van der Waals surface area contributed by atoms with E-state index in [1.807, 2.05) is 45.3 Å². The molecule has 2 aromatic rings. The minimum atomic E-state index is -0.711. The van der Waals surface area contributed by atoms with E-state index in [-0.39, 0.29) is 5.57 Å². The maximum Gasteiger partial charge on any atom is 0.240 e. The van der Waals surface area contributed by atoms with E-state index in [4.69, 9.17) is 0 Å². The summed E-state index contributed by atoms with van der Waals surface area (Å²) in [6, 6.07) is 6.70. The van der Waals surface area contributed by atoms with Gasteiger partial charge in [-0.25, -0.2) is 4.98 Å². The normalized spacial score (nSPS) is 17.1. The molecule has 0 radical (unpaired) electrons. The van der Waals surface area contributed by atoms with Crippen molar-refractivity contribution in [3.8, 4) is 0 Å². The Morgan fingerprint density at radius 2 is 1.93 bits per heavy atom. The SMILES string of the molecule is Cc1nc(C)c(C(=O)C2=C([O-])C(=O)N(CC[NH+](C)C)C2c2ccc(Br)cc2)s1. The molecule has 1 aromatic heterocycles. The van der Waals surface area contributed by atoms with Gasteiger partial charge in [0.1, 0.15) is 0 Å². The number of carbonyl (C=O) groups excluding carboxylic acids is 2. The quantitative estimate of drug-likeness (QED) is 0.649. The topological polar surface area (TPSA) is 77.8 Å². The second kappa shape index (κ2) is 8.14. The lowest BCUT2D eigenvalue weighted by atomic mass is 9.95. The molecule has 2 heterocycles. The van der Waals surface area contributed by atoms with E-state index in [1.165, 1.54) is 16.2 Å². The molecule has 6 nitrogen and oxygen atoms in total. The lowest BCUT2D eigenvalue weighted by Gasteiger charge is -2.28. The molecule has 0 bridgehead atoms. The van der Waals surface area contributed by atoms with Gasteiger partial charge in [0.25, 0.3) is 0 Å². The Morgan fingerprint density at radius 3 is 2.46 bits per heavy atom. The van der Waals surface area contributed by atoms with Gasteiger partial charge in [0.15, 0.2) is 0 Å². The molecular formula is C20H22BrN3O3S. The van der Waals surface area contributed by atoms with E-state index < -0.39 is 23.5 Å². The standard InChI is InChI=1S/C20H22BrN3O3S/c1-11-19(28-12(2)22-11)17(25)15-16(13-5-7-14(21)8-6-13)24(10-9-23(3)4)20(27)18(15)26/h5-8,16,26H,9-10H2,1-4H3. The van der Waals surface area contributed by atoms with Gasteiger partial charge in [-0.1, -0.05) is 28.1 Å². The second-order valence-electron chi connectivity index (χ2n) is 7.13. The van der Waals surface area contributed by atoms with E-state index in [2.05, 4.69) is 20.9 Å². The molecule has 8 heteroatoms. The van der Waals surface area contributed by atoms with Gasteiger partial charge in [-0.15, -0.1) is 11.3 Å². The summed E-state index contributed by atoms with van der Waals surface area (Å²) in [5.41, 5.74) is 1.36. The van der Waals surface area contributed by atoms with Gasteiger partial charge in [-0.3, -0.25) is 9.59 Å². The highest BCUT2D eigenvalue weighted by atomic mass is 79.9. The first-order valence-corrected chi connectivity index (χ1v) is 10.6. The number of carbonyl (C=O) groups is 2. The number of quaternary nitrogens is 1. The van der Waals surface area contributed by atoms with Crippen molar-refractivity contribution >= 4 is 39.0 Å². The number of benzene rings is 1. The molecule has 0 spiro atoms. The van der Waals surface area contributed by atoms with Crippen LogP contribution in [-0.4, -0.2) is 48.8 Å². The Hall–Kier alpha value is -2.03. The number of aromatic nitrogens is 1. The van der Waals surface area contributed by atoms with Gasteiger partial charge in [0.05, 0.1) is 48.8 Å². The zero-order chi connectivity index (χ0) is 20.6. The molecule has 1 unspecified atom stereocenters. The molecule has 1 aliphatic heterocycles. The lowest BCUT2D eigenvalue weighted by molar-refractivity contribution is -0.857. The zero-order valence-electron chi connectivity index (χ0n) is 16.2. The van der Waals surface area contributed by atoms with Crippen LogP contribution in [0.25, 0.3) is 0 Å². The maximum absolute atomic E-state index is 13.3. The lowest BCUT2D eigenvalue weighted by Crippen LogP contribution is -3.06. The van der Waals surface area contributed by atoms with E-state index in [9.17, 15) is 14.7 Å². The summed E-state index contributed by atoms with van der Waals surface area (Å²) in [6.45, 7) is 4.64. The van der Waals surface area contributed by atoms with Crippen LogP contribution >= 0.6 is 27.3 Å². The number of hydrogen-bond donors (Lipinski definition) is 1. The molecular weight excluding hydrogens is 442 g/mol. The fourth-order valence-electron chi connectivity index (χ4n) is 3.30. The average Bonchev–Trinajstić information content (AvgIpc) is 3.10. The number of amides is 1. The highest BCUT2D eigenvalue weighted by molar-refractivity contribution is 9.10. The van der Waals surface area contributed by atoms with Crippen LogP contribution in [0.1, 0.15) is 32.0 Å². The Labute approximate surface area is 176 Å². The summed E-state index contributed by atoms with van der Waals surface area (Å²) in [6.07, 6.45) is 0. The number of rotatable bonds is 6. The number of thiazole rings is 1. The van der Waals surface area contributed by atoms with Crippen molar-refractivity contribution in [3.63, 3.8) is 0 Å². The summed E-state index contributed by atoms with van der Waals surface area (Å²) >= 11 is 4.66. The summed E-state index contributed by atoms with van der Waals surface area (Å²) in [5, 5.41) is 13.6. The molecule has 3 rings (SSSR count). The third-order valence-corrected chi connectivity index (χ3v) is 6.28. The molecule has 148 valence electrons. The van der Waals surface area contributed by atoms with Crippen molar-refractivity contribution in [3.05, 3.63) is 61.2 Å². The molecule has 0 aliphatic carbocycles. The van der Waals surface area contributed by atoms with Crippen LogP contribution in [0.4, 0.5) is 0 Å². The molecule has 0 saturated heterocycles. The Morgan fingerprint density at radius 1 is 1.29 bits per heavy atom. The van der Waals surface area contributed by atoms with Crippen molar-refractivity contribution < 1.29 is 19.6 Å². The molecule has 1 N–H and O–H groups in total. The first kappa shape index (κ1) is 20.7. The van der Waals surface area contributed by atoms with Crippen LogP contribution in [-0.2, 0) is 4.79 Å². The van der Waals surface area contributed by atoms with E-state index in [0.717, 1.165) is 19.9 Å². The minimum Gasteiger partial charge on any atom is -0.868 e. The minimum absolute atomic E-state index is 0.0211. The average molecular weight is 464 g/mol. The molecule has 1 aromatic carbocycles. The monoisotopic (exact) mass is 463 g/mol. The number of nitrogens with zero attached hydrogens (tertiary/aromatic N) is 2. The number of halogens is 1. The highest BCUT2D eigenvalue weighted by Gasteiger charge is 2.40. The van der Waals surface area contributed by atoms with E-state index in [0.29, 0.717) is 23.7 Å². The Bertz CT molecular complexity index is 950. The fraction of sp³-hybridized carbons (Fsp3) is 0.350. The van der Waals surface area contributed by atoms with E-state index >= 15 is 0 Å². The van der Waals surface area contributed by atoms with Crippen LogP contribution in [0.3, 0.4) is 0 Å². The number of ketones is 1. The molecule has 0 fully saturated rings. The third-order valence-electron chi connectivity index (χ3n) is 4.68. The van der Waals surface area contributed by atoms with Crippen molar-refractivity contribution in [1.82, 2.24) is 9.88 Å². The van der Waals surface area contributed by atoms with Gasteiger partial charge in [0.2, 0.25) is 11.7 Å². The fourth-order valence-corrected chi connectivity index (χ4v) is 4.44. The maximum atomic E-state index is 13.3. The number of aryl methyl sites for hydroxylation is 2. The molecule has 1 atom stereocenters. The second-order valence-corrected chi connectivity index (χ2v) is 9.25. The molecule has 28 heavy (non-hydrogen) atoms. The van der Waals surface area contributed by atoms with Gasteiger partial charge >= 0.3 is 0 Å². The first-order valence-electron chi connectivity index (χ1n) is 8.96. The van der Waals surface area contributed by atoms with Crippen LogP contribution in [0.5, 0.6) is 0 Å².